The maximum absolute atomic E-state index is 12.1. The summed E-state index contributed by atoms with van der Waals surface area (Å²) in [7, 11) is 1.51. The summed E-state index contributed by atoms with van der Waals surface area (Å²) >= 11 is 3.52. The van der Waals surface area contributed by atoms with Gasteiger partial charge >= 0.3 is 5.97 Å². The van der Waals surface area contributed by atoms with Gasteiger partial charge < -0.3 is 24.9 Å². The minimum Gasteiger partial charge on any atom is -0.493 e. The van der Waals surface area contributed by atoms with Gasteiger partial charge in [0.1, 0.15) is 6.04 Å². The zero-order valence-electron chi connectivity index (χ0n) is 19.7. The number of carbonyl (C=O) groups is 2. The van der Waals surface area contributed by atoms with Crippen molar-refractivity contribution in [3.05, 3.63) is 58.2 Å². The average molecular weight is 532 g/mol. The molecule has 2 aromatic carbocycles. The minimum absolute atomic E-state index is 0.149. The van der Waals surface area contributed by atoms with Gasteiger partial charge in [-0.2, -0.15) is 0 Å². The molecule has 1 atom stereocenters. The number of aromatic amines is 1. The number of carboxylic acids is 1. The Bertz CT molecular complexity index is 1170. The fraction of sp³-hybridized carbons (Fsp3) is 0.360. The van der Waals surface area contributed by atoms with Crippen molar-refractivity contribution in [2.24, 2.45) is 0 Å². The van der Waals surface area contributed by atoms with E-state index in [0.717, 1.165) is 22.0 Å². The van der Waals surface area contributed by atoms with Gasteiger partial charge in [-0.05, 0) is 50.1 Å². The van der Waals surface area contributed by atoms with Gasteiger partial charge in [0.2, 0.25) is 0 Å². The van der Waals surface area contributed by atoms with E-state index < -0.39 is 12.0 Å². The lowest BCUT2D eigenvalue weighted by molar-refractivity contribution is -0.139. The van der Waals surface area contributed by atoms with E-state index in [-0.39, 0.29) is 18.1 Å². The number of halogens is 1. The molecule has 0 aliphatic rings. The first-order valence-electron chi connectivity index (χ1n) is 10.9. The second kappa shape index (κ2) is 10.9. The number of rotatable bonds is 10. The van der Waals surface area contributed by atoms with Gasteiger partial charge in [0.05, 0.1) is 7.11 Å². The van der Waals surface area contributed by atoms with Crippen molar-refractivity contribution >= 4 is 38.7 Å². The molecule has 0 fully saturated rings. The Balaban J connectivity index is 1.69. The molecule has 0 radical (unpaired) electrons. The molecule has 1 aromatic heterocycles. The third-order valence-electron chi connectivity index (χ3n) is 5.14. The summed E-state index contributed by atoms with van der Waals surface area (Å²) in [6, 6.07) is 10.5. The number of nitrogens with one attached hydrogen (secondary N) is 3. The van der Waals surface area contributed by atoms with E-state index in [1.54, 1.807) is 12.1 Å². The molecule has 9 heteroatoms. The molecule has 34 heavy (non-hydrogen) atoms. The lowest BCUT2D eigenvalue weighted by Crippen LogP contribution is -2.43. The number of H-pyrrole nitrogens is 1. The maximum Gasteiger partial charge on any atom is 0.321 e. The molecule has 0 saturated carbocycles. The summed E-state index contributed by atoms with van der Waals surface area (Å²) < 4.78 is 11.8. The topological polar surface area (TPSA) is 113 Å². The van der Waals surface area contributed by atoms with Gasteiger partial charge in [0.25, 0.3) is 5.91 Å². The van der Waals surface area contributed by atoms with Crippen LogP contribution >= 0.6 is 15.9 Å². The van der Waals surface area contributed by atoms with Crippen molar-refractivity contribution < 1.29 is 24.2 Å². The average Bonchev–Trinajstić information content (AvgIpc) is 3.17. The molecule has 0 aliphatic carbocycles. The van der Waals surface area contributed by atoms with Gasteiger partial charge in [-0.3, -0.25) is 14.9 Å². The Hall–Kier alpha value is -3.04. The van der Waals surface area contributed by atoms with Crippen LogP contribution in [-0.4, -0.2) is 47.3 Å². The second-order valence-corrected chi connectivity index (χ2v) is 9.87. The first-order valence-corrected chi connectivity index (χ1v) is 11.7. The van der Waals surface area contributed by atoms with Crippen LogP contribution in [0.15, 0.2) is 47.1 Å². The predicted octanol–water partition coefficient (Wildman–Crippen LogP) is 4.02. The van der Waals surface area contributed by atoms with Gasteiger partial charge in [0.15, 0.2) is 18.1 Å². The summed E-state index contributed by atoms with van der Waals surface area (Å²) in [5, 5.41) is 16.7. The van der Waals surface area contributed by atoms with Crippen LogP contribution in [0.3, 0.4) is 0 Å². The Kier molecular flexibility index (Phi) is 8.22. The molecule has 1 heterocycles. The Morgan fingerprint density at radius 1 is 1.15 bits per heavy atom. The number of ether oxygens (including phenoxy) is 2. The van der Waals surface area contributed by atoms with E-state index >= 15 is 0 Å². The van der Waals surface area contributed by atoms with E-state index in [9.17, 15) is 14.7 Å². The smallest absolute Gasteiger partial charge is 0.321 e. The molecular formula is C25H30BrN3O5. The van der Waals surface area contributed by atoms with Crippen LogP contribution in [0.4, 0.5) is 0 Å². The SMILES string of the molecule is COc1cc(CNC(Cc2c[nH]c3ccccc23)C(=O)O)c(Br)cc1OCC(=O)NC(C)(C)C. The number of aromatic nitrogens is 1. The van der Waals surface area contributed by atoms with Gasteiger partial charge in [-0.1, -0.05) is 34.1 Å². The van der Waals surface area contributed by atoms with Crippen LogP contribution < -0.4 is 20.1 Å². The molecule has 0 bridgehead atoms. The van der Waals surface area contributed by atoms with E-state index in [4.69, 9.17) is 9.47 Å². The third kappa shape index (κ3) is 6.74. The molecule has 3 aromatic rings. The van der Waals surface area contributed by atoms with Crippen LogP contribution in [0.5, 0.6) is 11.5 Å². The molecule has 0 saturated heterocycles. The van der Waals surface area contributed by atoms with Crippen LogP contribution in [0, 0.1) is 0 Å². The molecule has 1 amide bonds. The van der Waals surface area contributed by atoms with Crippen molar-refractivity contribution in [3.63, 3.8) is 0 Å². The number of para-hydroxylation sites is 1. The molecule has 0 aliphatic heterocycles. The monoisotopic (exact) mass is 531 g/mol. The Morgan fingerprint density at radius 3 is 2.56 bits per heavy atom. The summed E-state index contributed by atoms with van der Waals surface area (Å²) in [5.41, 5.74) is 2.35. The fourth-order valence-corrected chi connectivity index (χ4v) is 4.05. The number of methoxy groups -OCH3 is 1. The number of carbonyl (C=O) groups excluding carboxylic acids is 1. The quantitative estimate of drug-likeness (QED) is 0.314. The van der Waals surface area contributed by atoms with Gasteiger partial charge in [0, 0.05) is 40.1 Å². The number of hydrogen-bond acceptors (Lipinski definition) is 5. The van der Waals surface area contributed by atoms with Crippen LogP contribution in [-0.2, 0) is 22.6 Å². The lowest BCUT2D eigenvalue weighted by Gasteiger charge is -2.21. The summed E-state index contributed by atoms with van der Waals surface area (Å²) in [5.74, 6) is -0.306. The molecule has 3 rings (SSSR count). The summed E-state index contributed by atoms with van der Waals surface area (Å²) in [4.78, 5) is 27.2. The van der Waals surface area contributed by atoms with Crippen molar-refractivity contribution in [2.75, 3.05) is 13.7 Å². The largest absolute Gasteiger partial charge is 0.493 e. The molecular weight excluding hydrogens is 502 g/mol. The van der Waals surface area contributed by atoms with Crippen LogP contribution in [0.2, 0.25) is 0 Å². The zero-order chi connectivity index (χ0) is 24.9. The van der Waals surface area contributed by atoms with Gasteiger partial charge in [-0.25, -0.2) is 0 Å². The number of amides is 1. The third-order valence-corrected chi connectivity index (χ3v) is 5.88. The van der Waals surface area contributed by atoms with Crippen molar-refractivity contribution in [2.45, 2.75) is 45.3 Å². The number of carboxylic acid groups (broad SMARTS) is 1. The minimum atomic E-state index is -0.932. The number of aliphatic carboxylic acids is 1. The molecule has 4 N–H and O–H groups in total. The molecule has 1 unspecified atom stereocenters. The summed E-state index contributed by atoms with van der Waals surface area (Å²) in [6.45, 7) is 5.83. The number of fused-ring (bicyclic) bond motifs is 1. The molecule has 182 valence electrons. The second-order valence-electron chi connectivity index (χ2n) is 9.02. The van der Waals surface area contributed by atoms with E-state index in [1.807, 2.05) is 51.2 Å². The number of hydrogen-bond donors (Lipinski definition) is 4. The highest BCUT2D eigenvalue weighted by atomic mass is 79.9. The maximum atomic E-state index is 12.1. The molecule has 8 nitrogen and oxygen atoms in total. The Morgan fingerprint density at radius 2 is 1.88 bits per heavy atom. The predicted molar refractivity (Wildman–Crippen MR) is 134 cm³/mol. The molecule has 0 spiro atoms. The van der Waals surface area contributed by atoms with Crippen molar-refractivity contribution in [1.82, 2.24) is 15.6 Å². The van der Waals surface area contributed by atoms with Gasteiger partial charge in [-0.15, -0.1) is 0 Å². The van der Waals surface area contributed by atoms with Crippen molar-refractivity contribution in [1.29, 1.82) is 0 Å². The zero-order valence-corrected chi connectivity index (χ0v) is 21.3. The fourth-order valence-electron chi connectivity index (χ4n) is 3.58. The lowest BCUT2D eigenvalue weighted by atomic mass is 10.0. The highest BCUT2D eigenvalue weighted by Gasteiger charge is 2.21. The van der Waals surface area contributed by atoms with E-state index in [2.05, 4.69) is 31.5 Å². The summed E-state index contributed by atoms with van der Waals surface area (Å²) in [6.07, 6.45) is 2.18. The highest BCUT2D eigenvalue weighted by molar-refractivity contribution is 9.10. The first-order chi connectivity index (χ1) is 16.1. The highest BCUT2D eigenvalue weighted by Crippen LogP contribution is 2.33. The van der Waals surface area contributed by atoms with Crippen LogP contribution in [0.1, 0.15) is 31.9 Å². The van der Waals surface area contributed by atoms with Crippen LogP contribution in [0.25, 0.3) is 10.9 Å². The Labute approximate surface area is 207 Å². The number of benzene rings is 2. The normalized spacial score (nSPS) is 12.4. The van der Waals surface area contributed by atoms with Crippen molar-refractivity contribution in [3.8, 4) is 11.5 Å². The van der Waals surface area contributed by atoms with E-state index in [1.165, 1.54) is 7.11 Å². The first kappa shape index (κ1) is 25.6. The van der Waals surface area contributed by atoms with E-state index in [0.29, 0.717) is 28.9 Å². The standard InChI is InChI=1S/C25H30BrN3O5/c1-25(2,3)29-23(30)14-34-22-11-18(26)16(10-21(22)33-4)13-28-20(24(31)32)9-15-12-27-19-8-6-5-7-17(15)19/h5-8,10-12,20,27-28H,9,13-14H2,1-4H3,(H,29,30)(H,31,32).